The zero-order chi connectivity index (χ0) is 16.4. The van der Waals surface area contributed by atoms with Gasteiger partial charge in [0.15, 0.2) is 0 Å². The molecular formula is C15H8ClN5O2. The molecule has 3 rings (SSSR count). The van der Waals surface area contributed by atoms with E-state index in [1.807, 2.05) is 6.07 Å². The molecule has 23 heavy (non-hydrogen) atoms. The van der Waals surface area contributed by atoms with E-state index in [-0.39, 0.29) is 21.8 Å². The molecule has 0 radical (unpaired) electrons. The van der Waals surface area contributed by atoms with Gasteiger partial charge in [0.2, 0.25) is 0 Å². The van der Waals surface area contributed by atoms with Crippen LogP contribution in [-0.2, 0) is 0 Å². The molecule has 0 fully saturated rings. The van der Waals surface area contributed by atoms with Crippen LogP contribution in [0.3, 0.4) is 0 Å². The monoisotopic (exact) mass is 325 g/mol. The molecule has 8 heteroatoms. The minimum atomic E-state index is -0.542. The maximum absolute atomic E-state index is 12.2. The van der Waals surface area contributed by atoms with E-state index in [4.69, 9.17) is 16.9 Å². The van der Waals surface area contributed by atoms with Crippen molar-refractivity contribution in [2.75, 3.05) is 5.32 Å². The molecule has 2 heterocycles. The summed E-state index contributed by atoms with van der Waals surface area (Å²) in [5.74, 6) is -0.542. The van der Waals surface area contributed by atoms with Crippen molar-refractivity contribution in [3.8, 4) is 6.07 Å². The number of aromatic amines is 1. The maximum Gasteiger partial charge on any atom is 0.275 e. The summed E-state index contributed by atoms with van der Waals surface area (Å²) >= 11 is 5.95. The number of carbonyl (C=O) groups is 1. The highest BCUT2D eigenvalue weighted by atomic mass is 35.5. The van der Waals surface area contributed by atoms with Gasteiger partial charge < -0.3 is 10.3 Å². The van der Waals surface area contributed by atoms with E-state index in [0.717, 1.165) is 0 Å². The molecule has 0 saturated heterocycles. The van der Waals surface area contributed by atoms with Crippen LogP contribution in [0.2, 0.25) is 5.02 Å². The molecule has 0 aliphatic rings. The number of halogens is 1. The van der Waals surface area contributed by atoms with Crippen LogP contribution in [0, 0.1) is 11.3 Å². The lowest BCUT2D eigenvalue weighted by atomic mass is 10.2. The number of amides is 1. The van der Waals surface area contributed by atoms with Gasteiger partial charge in [-0.05, 0) is 24.3 Å². The lowest BCUT2D eigenvalue weighted by molar-refractivity contribution is 0.102. The fourth-order valence-electron chi connectivity index (χ4n) is 2.00. The van der Waals surface area contributed by atoms with Crippen LogP contribution in [-0.4, -0.2) is 20.9 Å². The second-order valence-electron chi connectivity index (χ2n) is 4.58. The minimum absolute atomic E-state index is 0.00846. The molecular weight excluding hydrogens is 318 g/mol. The highest BCUT2D eigenvalue weighted by Gasteiger charge is 2.13. The van der Waals surface area contributed by atoms with Gasteiger partial charge in [-0.3, -0.25) is 9.59 Å². The molecule has 0 bridgehead atoms. The number of nitrogens with zero attached hydrogens (tertiary/aromatic N) is 3. The molecule has 112 valence electrons. The van der Waals surface area contributed by atoms with Gasteiger partial charge in [0.05, 0.1) is 27.8 Å². The fourth-order valence-corrected chi connectivity index (χ4v) is 2.26. The summed E-state index contributed by atoms with van der Waals surface area (Å²) in [7, 11) is 0. The first kappa shape index (κ1) is 14.7. The number of hydrogen-bond donors (Lipinski definition) is 2. The molecule has 0 unspecified atom stereocenters. The third kappa shape index (κ3) is 2.88. The van der Waals surface area contributed by atoms with Crippen LogP contribution in [0.4, 0.5) is 5.69 Å². The number of hydrogen-bond acceptors (Lipinski definition) is 5. The van der Waals surface area contributed by atoms with E-state index in [1.54, 1.807) is 12.1 Å². The molecule has 0 atom stereocenters. The van der Waals surface area contributed by atoms with E-state index in [1.165, 1.54) is 24.7 Å². The largest absolute Gasteiger partial charge is 0.321 e. The lowest BCUT2D eigenvalue weighted by Crippen LogP contribution is -2.15. The molecule has 3 aromatic rings. The average Bonchev–Trinajstić information content (AvgIpc) is 2.55. The molecule has 0 spiro atoms. The Kier molecular flexibility index (Phi) is 3.75. The van der Waals surface area contributed by atoms with Crippen molar-refractivity contribution >= 4 is 34.1 Å². The summed E-state index contributed by atoms with van der Waals surface area (Å²) in [5.41, 5.74) is 0.867. The van der Waals surface area contributed by atoms with Crippen molar-refractivity contribution in [3.63, 3.8) is 0 Å². The number of pyridine rings is 1. The van der Waals surface area contributed by atoms with Gasteiger partial charge in [-0.2, -0.15) is 5.26 Å². The van der Waals surface area contributed by atoms with Gasteiger partial charge in [-0.1, -0.05) is 11.6 Å². The predicted molar refractivity (Wildman–Crippen MR) is 84.3 cm³/mol. The van der Waals surface area contributed by atoms with Crippen LogP contribution in [0.15, 0.2) is 41.6 Å². The van der Waals surface area contributed by atoms with Crippen LogP contribution < -0.4 is 10.9 Å². The summed E-state index contributed by atoms with van der Waals surface area (Å²) in [6.07, 6.45) is 2.57. The van der Waals surface area contributed by atoms with E-state index in [9.17, 15) is 9.59 Å². The van der Waals surface area contributed by atoms with Gasteiger partial charge in [-0.25, -0.2) is 9.97 Å². The zero-order valence-electron chi connectivity index (χ0n) is 11.5. The predicted octanol–water partition coefficient (Wildman–Crippen LogP) is 2.10. The summed E-state index contributed by atoms with van der Waals surface area (Å²) in [6.45, 7) is 0. The molecule has 0 aliphatic heterocycles. The third-order valence-electron chi connectivity index (χ3n) is 3.08. The lowest BCUT2D eigenvalue weighted by Gasteiger charge is -2.07. The SMILES string of the molecule is N#Cc1cnc(C(=O)Nc2ccc3nc[nH]c(=O)c3c2)c(Cl)c1. The van der Waals surface area contributed by atoms with Gasteiger partial charge >= 0.3 is 0 Å². The highest BCUT2D eigenvalue weighted by Crippen LogP contribution is 2.18. The Balaban J connectivity index is 1.93. The quantitative estimate of drug-likeness (QED) is 0.749. The molecule has 1 aromatic carbocycles. The number of anilines is 1. The number of rotatable bonds is 2. The molecule has 1 amide bonds. The summed E-state index contributed by atoms with van der Waals surface area (Å²) in [6, 6.07) is 7.99. The standard InChI is InChI=1S/C15H8ClN5O2/c16-11-3-8(5-17)6-18-13(11)15(23)21-9-1-2-12-10(4-9)14(22)20-7-19-12/h1-4,6-7H,(H,21,23)(H,19,20,22). The first-order valence-electron chi connectivity index (χ1n) is 6.43. The average molecular weight is 326 g/mol. The maximum atomic E-state index is 12.2. The minimum Gasteiger partial charge on any atom is -0.321 e. The van der Waals surface area contributed by atoms with Crippen LogP contribution >= 0.6 is 11.6 Å². The summed E-state index contributed by atoms with van der Waals surface area (Å²) < 4.78 is 0. The van der Waals surface area contributed by atoms with Crippen LogP contribution in [0.25, 0.3) is 10.9 Å². The van der Waals surface area contributed by atoms with Crippen LogP contribution in [0.1, 0.15) is 16.1 Å². The Morgan fingerprint density at radius 1 is 1.30 bits per heavy atom. The number of fused-ring (bicyclic) bond motifs is 1. The first-order chi connectivity index (χ1) is 11.1. The van der Waals surface area contributed by atoms with Gasteiger partial charge in [0, 0.05) is 11.9 Å². The molecule has 2 aromatic heterocycles. The number of aromatic nitrogens is 3. The Morgan fingerprint density at radius 3 is 2.87 bits per heavy atom. The van der Waals surface area contributed by atoms with Crippen LogP contribution in [0.5, 0.6) is 0 Å². The number of benzene rings is 1. The Morgan fingerprint density at radius 2 is 2.13 bits per heavy atom. The van der Waals surface area contributed by atoms with Crippen molar-refractivity contribution in [1.82, 2.24) is 15.0 Å². The second-order valence-corrected chi connectivity index (χ2v) is 4.99. The van der Waals surface area contributed by atoms with Crippen molar-refractivity contribution in [2.24, 2.45) is 0 Å². The fraction of sp³-hybridized carbons (Fsp3) is 0. The zero-order valence-corrected chi connectivity index (χ0v) is 12.3. The summed E-state index contributed by atoms with van der Waals surface area (Å²) in [5, 5.41) is 11.8. The molecule has 0 saturated carbocycles. The van der Waals surface area contributed by atoms with Crippen molar-refractivity contribution in [1.29, 1.82) is 5.26 Å². The van der Waals surface area contributed by atoms with E-state index >= 15 is 0 Å². The number of nitriles is 1. The third-order valence-corrected chi connectivity index (χ3v) is 3.37. The molecule has 0 aliphatic carbocycles. The Bertz CT molecular complexity index is 1020. The Labute approximate surface area is 134 Å². The number of nitrogens with one attached hydrogen (secondary N) is 2. The summed E-state index contributed by atoms with van der Waals surface area (Å²) in [4.78, 5) is 34.3. The molecule has 7 nitrogen and oxygen atoms in total. The van der Waals surface area contributed by atoms with Crippen molar-refractivity contribution in [3.05, 3.63) is 63.4 Å². The van der Waals surface area contributed by atoms with E-state index < -0.39 is 5.91 Å². The topological polar surface area (TPSA) is 112 Å². The highest BCUT2D eigenvalue weighted by molar-refractivity contribution is 6.34. The normalized spacial score (nSPS) is 10.3. The van der Waals surface area contributed by atoms with Crippen molar-refractivity contribution < 1.29 is 4.79 Å². The van der Waals surface area contributed by atoms with Crippen molar-refractivity contribution in [2.45, 2.75) is 0 Å². The second kappa shape index (κ2) is 5.87. The smallest absolute Gasteiger partial charge is 0.275 e. The van der Waals surface area contributed by atoms with E-state index in [0.29, 0.717) is 16.6 Å². The van der Waals surface area contributed by atoms with Gasteiger partial charge in [0.1, 0.15) is 11.8 Å². The number of H-pyrrole nitrogens is 1. The first-order valence-corrected chi connectivity index (χ1v) is 6.81. The Hall–Kier alpha value is -3.24. The van der Waals surface area contributed by atoms with E-state index in [2.05, 4.69) is 20.3 Å². The molecule has 2 N–H and O–H groups in total. The number of carbonyl (C=O) groups excluding carboxylic acids is 1. The van der Waals surface area contributed by atoms with Gasteiger partial charge in [-0.15, -0.1) is 0 Å². The van der Waals surface area contributed by atoms with Gasteiger partial charge in [0.25, 0.3) is 11.5 Å².